The van der Waals surface area contributed by atoms with Crippen molar-refractivity contribution in [3.8, 4) is 0 Å². The zero-order chi connectivity index (χ0) is 13.5. The van der Waals surface area contributed by atoms with Gasteiger partial charge in [0.2, 0.25) is 0 Å². The van der Waals surface area contributed by atoms with Gasteiger partial charge in [0.15, 0.2) is 0 Å². The molecule has 2 rings (SSSR count). The smallest absolute Gasteiger partial charge is 0.0630 e. The summed E-state index contributed by atoms with van der Waals surface area (Å²) in [5.74, 6) is 0. The zero-order valence-electron chi connectivity index (χ0n) is 12.4. The third-order valence-corrected chi connectivity index (χ3v) is 5.21. The molecule has 1 atom stereocenters. The van der Waals surface area contributed by atoms with E-state index in [1.807, 2.05) is 11.3 Å². The molecular weight excluding hydrogens is 250 g/mol. The summed E-state index contributed by atoms with van der Waals surface area (Å²) in [6.45, 7) is 5.50. The topological polar surface area (TPSA) is 12.0 Å². The van der Waals surface area contributed by atoms with Gasteiger partial charge in [-0.2, -0.15) is 0 Å². The fourth-order valence-electron chi connectivity index (χ4n) is 2.84. The Balaban J connectivity index is 2.17. The van der Waals surface area contributed by atoms with Crippen molar-refractivity contribution in [2.24, 2.45) is 0 Å². The van der Waals surface area contributed by atoms with E-state index in [4.69, 9.17) is 0 Å². The minimum atomic E-state index is 0.466. The van der Waals surface area contributed by atoms with E-state index in [0.717, 1.165) is 13.0 Å². The second-order valence-electron chi connectivity index (χ2n) is 5.38. The number of rotatable bonds is 5. The highest BCUT2D eigenvalue weighted by Crippen LogP contribution is 2.32. The Hall–Kier alpha value is -0.600. The molecule has 0 fully saturated rings. The van der Waals surface area contributed by atoms with E-state index in [9.17, 15) is 0 Å². The monoisotopic (exact) mass is 277 g/mol. The predicted octanol–water partition coefficient (Wildman–Crippen LogP) is 5.24. The number of aryl methyl sites for hydroxylation is 1. The normalized spacial score (nSPS) is 21.3. The van der Waals surface area contributed by atoms with Crippen molar-refractivity contribution < 1.29 is 0 Å². The van der Waals surface area contributed by atoms with Crippen molar-refractivity contribution in [1.29, 1.82) is 0 Å². The number of likely N-dealkylation sites (N-methyl/N-ethyl adjacent to an activating group) is 1. The molecule has 0 amide bonds. The van der Waals surface area contributed by atoms with Crippen LogP contribution >= 0.6 is 11.3 Å². The first-order valence-electron chi connectivity index (χ1n) is 7.86. The first kappa shape index (κ1) is 14.8. The van der Waals surface area contributed by atoms with Crippen LogP contribution in [0.15, 0.2) is 23.8 Å². The lowest BCUT2D eigenvalue weighted by molar-refractivity contribution is 0.558. The Kier molecular flexibility index (Phi) is 6.12. The number of thiophene rings is 1. The highest BCUT2D eigenvalue weighted by molar-refractivity contribution is 7.12. The molecule has 1 aromatic heterocycles. The Morgan fingerprint density at radius 2 is 2.00 bits per heavy atom. The van der Waals surface area contributed by atoms with Crippen LogP contribution in [0.1, 0.15) is 68.2 Å². The van der Waals surface area contributed by atoms with Gasteiger partial charge in [0.25, 0.3) is 0 Å². The molecule has 0 saturated carbocycles. The number of allylic oxidation sites excluding steroid dienone is 1. The van der Waals surface area contributed by atoms with Crippen molar-refractivity contribution in [1.82, 2.24) is 5.32 Å². The SMILES string of the molecule is CCNC(/C1=C/CCCCCC1)c1ccc(CC)s1. The van der Waals surface area contributed by atoms with Gasteiger partial charge in [0, 0.05) is 9.75 Å². The molecule has 0 bridgehead atoms. The molecular formula is C17H27NS. The molecule has 1 nitrogen and oxygen atoms in total. The van der Waals surface area contributed by atoms with E-state index in [1.54, 1.807) is 5.57 Å². The molecule has 1 aromatic rings. The van der Waals surface area contributed by atoms with Crippen LogP contribution in [0, 0.1) is 0 Å². The standard InChI is InChI=1S/C17H27NS/c1-3-15-12-13-16(19-15)17(18-4-2)14-10-8-6-5-7-9-11-14/h10,12-13,17-18H,3-9,11H2,1-2H3/b14-10+. The first-order chi connectivity index (χ1) is 9.35. The fraction of sp³-hybridized carbons (Fsp3) is 0.647. The van der Waals surface area contributed by atoms with Gasteiger partial charge in [-0.3, -0.25) is 0 Å². The highest BCUT2D eigenvalue weighted by Gasteiger charge is 2.17. The Morgan fingerprint density at radius 1 is 1.16 bits per heavy atom. The van der Waals surface area contributed by atoms with Crippen LogP contribution in [0.2, 0.25) is 0 Å². The highest BCUT2D eigenvalue weighted by atomic mass is 32.1. The molecule has 0 radical (unpaired) electrons. The van der Waals surface area contributed by atoms with Crippen molar-refractivity contribution in [2.45, 2.75) is 64.8 Å². The summed E-state index contributed by atoms with van der Waals surface area (Å²) in [5.41, 5.74) is 1.63. The second-order valence-corrected chi connectivity index (χ2v) is 6.58. The Morgan fingerprint density at radius 3 is 2.74 bits per heavy atom. The molecule has 1 N–H and O–H groups in total. The maximum Gasteiger partial charge on any atom is 0.0630 e. The Bertz CT molecular complexity index is 405. The van der Waals surface area contributed by atoms with E-state index in [0.29, 0.717) is 6.04 Å². The van der Waals surface area contributed by atoms with Crippen LogP contribution in [-0.4, -0.2) is 6.54 Å². The van der Waals surface area contributed by atoms with Crippen LogP contribution < -0.4 is 5.32 Å². The largest absolute Gasteiger partial charge is 0.306 e. The molecule has 1 aliphatic rings. The molecule has 0 aromatic carbocycles. The average Bonchev–Trinajstić information content (AvgIpc) is 2.85. The maximum absolute atomic E-state index is 3.70. The third kappa shape index (κ3) is 4.19. The summed E-state index contributed by atoms with van der Waals surface area (Å²) in [4.78, 5) is 3.01. The molecule has 1 heterocycles. The fourth-order valence-corrected chi connectivity index (χ4v) is 3.91. The molecule has 2 heteroatoms. The summed E-state index contributed by atoms with van der Waals surface area (Å²) < 4.78 is 0. The average molecular weight is 277 g/mol. The van der Waals surface area contributed by atoms with Gasteiger partial charge in [-0.05, 0) is 50.8 Å². The van der Waals surface area contributed by atoms with Crippen molar-refractivity contribution >= 4 is 11.3 Å². The summed E-state index contributed by atoms with van der Waals surface area (Å²) in [7, 11) is 0. The second kappa shape index (κ2) is 7.86. The van der Waals surface area contributed by atoms with Gasteiger partial charge in [-0.1, -0.05) is 38.3 Å². The molecule has 1 aliphatic carbocycles. The van der Waals surface area contributed by atoms with Crippen LogP contribution in [0.5, 0.6) is 0 Å². The summed E-state index contributed by atoms with van der Waals surface area (Å²) in [5, 5.41) is 3.70. The van der Waals surface area contributed by atoms with Gasteiger partial charge in [0.05, 0.1) is 6.04 Å². The van der Waals surface area contributed by atoms with Crippen molar-refractivity contribution in [2.75, 3.05) is 6.54 Å². The zero-order valence-corrected chi connectivity index (χ0v) is 13.2. The Labute approximate surface area is 122 Å². The van der Waals surface area contributed by atoms with E-state index in [-0.39, 0.29) is 0 Å². The van der Waals surface area contributed by atoms with Crippen molar-refractivity contribution in [3.05, 3.63) is 33.5 Å². The number of hydrogen-bond acceptors (Lipinski definition) is 2. The molecule has 106 valence electrons. The number of nitrogens with one attached hydrogen (secondary N) is 1. The van der Waals surface area contributed by atoms with Gasteiger partial charge in [-0.25, -0.2) is 0 Å². The van der Waals surface area contributed by atoms with Crippen LogP contribution in [0.25, 0.3) is 0 Å². The first-order valence-corrected chi connectivity index (χ1v) is 8.67. The minimum absolute atomic E-state index is 0.466. The van der Waals surface area contributed by atoms with E-state index >= 15 is 0 Å². The quantitative estimate of drug-likeness (QED) is 0.726. The van der Waals surface area contributed by atoms with Gasteiger partial charge < -0.3 is 5.32 Å². The van der Waals surface area contributed by atoms with Crippen molar-refractivity contribution in [3.63, 3.8) is 0 Å². The van der Waals surface area contributed by atoms with Crippen LogP contribution in [-0.2, 0) is 6.42 Å². The summed E-state index contributed by atoms with van der Waals surface area (Å²) in [6.07, 6.45) is 11.8. The summed E-state index contributed by atoms with van der Waals surface area (Å²) in [6, 6.07) is 5.10. The van der Waals surface area contributed by atoms with Gasteiger partial charge in [-0.15, -0.1) is 11.3 Å². The van der Waals surface area contributed by atoms with Gasteiger partial charge in [0.1, 0.15) is 0 Å². The molecule has 0 aliphatic heterocycles. The number of hydrogen-bond donors (Lipinski definition) is 1. The van der Waals surface area contributed by atoms with E-state index in [2.05, 4.69) is 37.4 Å². The lowest BCUT2D eigenvalue weighted by Crippen LogP contribution is -2.22. The van der Waals surface area contributed by atoms with Crippen LogP contribution in [0.3, 0.4) is 0 Å². The van der Waals surface area contributed by atoms with E-state index < -0.39 is 0 Å². The van der Waals surface area contributed by atoms with Gasteiger partial charge >= 0.3 is 0 Å². The third-order valence-electron chi connectivity index (χ3n) is 3.92. The molecule has 0 saturated heterocycles. The van der Waals surface area contributed by atoms with Crippen LogP contribution in [0.4, 0.5) is 0 Å². The summed E-state index contributed by atoms with van der Waals surface area (Å²) >= 11 is 1.98. The lowest BCUT2D eigenvalue weighted by atomic mass is 9.94. The maximum atomic E-state index is 3.70. The predicted molar refractivity (Wildman–Crippen MR) is 85.9 cm³/mol. The van der Waals surface area contributed by atoms with E-state index in [1.165, 1.54) is 48.3 Å². The lowest BCUT2D eigenvalue weighted by Gasteiger charge is -2.22. The molecule has 19 heavy (non-hydrogen) atoms. The molecule has 0 spiro atoms. The molecule has 1 unspecified atom stereocenters. The minimum Gasteiger partial charge on any atom is -0.306 e.